The molecular formula is C28H33ClN4O5. The molecule has 0 radical (unpaired) electrons. The van der Waals surface area contributed by atoms with Gasteiger partial charge in [-0.3, -0.25) is 14.4 Å². The SMILES string of the molecule is CC(=O)c1ccccc1OCCCNC1CCN(C(=O)COc2ccc(C3=NNC(=O)CC3)cc2Cl)CC1. The van der Waals surface area contributed by atoms with E-state index in [1.54, 1.807) is 18.2 Å². The minimum Gasteiger partial charge on any atom is -0.493 e. The van der Waals surface area contributed by atoms with Gasteiger partial charge in [0.15, 0.2) is 12.4 Å². The summed E-state index contributed by atoms with van der Waals surface area (Å²) in [6, 6.07) is 12.9. The minimum atomic E-state index is -0.100. The van der Waals surface area contributed by atoms with Gasteiger partial charge in [0.1, 0.15) is 11.5 Å². The lowest BCUT2D eigenvalue weighted by Crippen LogP contribution is -2.46. The number of carbonyl (C=O) groups excluding carboxylic acids is 3. The van der Waals surface area contributed by atoms with Crippen LogP contribution in [0, 0.1) is 0 Å². The number of likely N-dealkylation sites (tertiary alicyclic amines) is 1. The largest absolute Gasteiger partial charge is 0.493 e. The summed E-state index contributed by atoms with van der Waals surface area (Å²) in [5, 5.41) is 8.01. The molecule has 2 aromatic carbocycles. The number of amides is 2. The van der Waals surface area contributed by atoms with Gasteiger partial charge in [-0.2, -0.15) is 5.10 Å². The van der Waals surface area contributed by atoms with E-state index in [1.165, 1.54) is 6.92 Å². The fourth-order valence-electron chi connectivity index (χ4n) is 4.49. The number of nitrogens with zero attached hydrogens (tertiary/aromatic N) is 2. The van der Waals surface area contributed by atoms with Gasteiger partial charge in [0.2, 0.25) is 5.91 Å². The lowest BCUT2D eigenvalue weighted by molar-refractivity contribution is -0.134. The lowest BCUT2D eigenvalue weighted by atomic mass is 10.0. The number of hydrazone groups is 1. The molecule has 2 aliphatic heterocycles. The molecular weight excluding hydrogens is 508 g/mol. The van der Waals surface area contributed by atoms with Crippen molar-refractivity contribution in [3.8, 4) is 11.5 Å². The van der Waals surface area contributed by atoms with Crippen LogP contribution in [-0.2, 0) is 9.59 Å². The molecule has 4 rings (SSSR count). The van der Waals surface area contributed by atoms with Crippen LogP contribution in [0.25, 0.3) is 0 Å². The Morgan fingerprint density at radius 3 is 2.61 bits per heavy atom. The minimum absolute atomic E-state index is 0.00560. The summed E-state index contributed by atoms with van der Waals surface area (Å²) in [6.45, 7) is 4.13. The van der Waals surface area contributed by atoms with Crippen molar-refractivity contribution in [2.24, 2.45) is 5.10 Å². The monoisotopic (exact) mass is 540 g/mol. The molecule has 38 heavy (non-hydrogen) atoms. The Hall–Kier alpha value is -3.43. The van der Waals surface area contributed by atoms with Crippen molar-refractivity contribution >= 4 is 34.9 Å². The first kappa shape index (κ1) is 27.6. The maximum absolute atomic E-state index is 12.7. The highest BCUT2D eigenvalue weighted by Crippen LogP contribution is 2.27. The summed E-state index contributed by atoms with van der Waals surface area (Å²) in [5.74, 6) is 0.889. The van der Waals surface area contributed by atoms with E-state index in [9.17, 15) is 14.4 Å². The fourth-order valence-corrected chi connectivity index (χ4v) is 4.72. The normalized spacial score (nSPS) is 16.0. The van der Waals surface area contributed by atoms with Gasteiger partial charge >= 0.3 is 0 Å². The number of hydrogen-bond donors (Lipinski definition) is 2. The van der Waals surface area contributed by atoms with Crippen molar-refractivity contribution in [1.29, 1.82) is 0 Å². The standard InChI is InChI=1S/C28H33ClN4O5/c1-19(34)22-5-2-3-6-25(22)37-16-4-13-30-21-11-14-33(15-12-21)28(36)18-38-26-9-7-20(17-23(26)29)24-8-10-27(35)32-31-24/h2-3,5-7,9,17,21,30H,4,8,10-16,18H2,1H3,(H,32,35). The van der Waals surface area contributed by atoms with Crippen molar-refractivity contribution in [1.82, 2.24) is 15.6 Å². The number of piperidine rings is 1. The van der Waals surface area contributed by atoms with Crippen LogP contribution < -0.4 is 20.2 Å². The third-order valence-corrected chi connectivity index (χ3v) is 6.94. The molecule has 2 heterocycles. The Morgan fingerprint density at radius 1 is 1.11 bits per heavy atom. The third kappa shape index (κ3) is 7.55. The van der Waals surface area contributed by atoms with Gasteiger partial charge in [-0.25, -0.2) is 5.43 Å². The van der Waals surface area contributed by atoms with Gasteiger partial charge in [-0.05, 0) is 68.6 Å². The fraction of sp³-hybridized carbons (Fsp3) is 0.429. The molecule has 2 N–H and O–H groups in total. The number of benzene rings is 2. The van der Waals surface area contributed by atoms with Crippen molar-refractivity contribution < 1.29 is 23.9 Å². The van der Waals surface area contributed by atoms with Crippen LogP contribution in [0.1, 0.15) is 54.9 Å². The van der Waals surface area contributed by atoms with Gasteiger partial charge in [-0.1, -0.05) is 23.7 Å². The van der Waals surface area contributed by atoms with Crippen LogP contribution in [0.2, 0.25) is 5.02 Å². The van der Waals surface area contributed by atoms with Gasteiger partial charge in [-0.15, -0.1) is 0 Å². The summed E-state index contributed by atoms with van der Waals surface area (Å²) in [4.78, 5) is 37.5. The van der Waals surface area contributed by atoms with E-state index in [2.05, 4.69) is 15.8 Å². The Morgan fingerprint density at radius 2 is 1.89 bits per heavy atom. The van der Waals surface area contributed by atoms with E-state index in [1.807, 2.05) is 29.2 Å². The van der Waals surface area contributed by atoms with Crippen LogP contribution in [0.3, 0.4) is 0 Å². The van der Waals surface area contributed by atoms with E-state index in [-0.39, 0.29) is 24.2 Å². The summed E-state index contributed by atoms with van der Waals surface area (Å²) in [5.41, 5.74) is 4.66. The average molecular weight is 541 g/mol. The first-order valence-electron chi connectivity index (χ1n) is 12.9. The molecule has 2 aliphatic rings. The topological polar surface area (TPSA) is 109 Å². The molecule has 0 atom stereocenters. The Bertz CT molecular complexity index is 1190. The number of Topliss-reactive ketones (excluding diaryl/α,β-unsaturated/α-hetero) is 1. The zero-order chi connectivity index (χ0) is 26.9. The number of hydrogen-bond acceptors (Lipinski definition) is 7. The summed E-state index contributed by atoms with van der Waals surface area (Å²) in [7, 11) is 0. The molecule has 2 amide bonds. The number of ketones is 1. The number of carbonyl (C=O) groups is 3. The van der Waals surface area contributed by atoms with Gasteiger partial charge < -0.3 is 19.7 Å². The molecule has 1 saturated heterocycles. The number of rotatable bonds is 11. The summed E-state index contributed by atoms with van der Waals surface area (Å²) < 4.78 is 11.5. The van der Waals surface area contributed by atoms with Crippen molar-refractivity contribution in [3.63, 3.8) is 0 Å². The van der Waals surface area contributed by atoms with Gasteiger partial charge in [0, 0.05) is 32.0 Å². The number of ether oxygens (including phenoxy) is 2. The average Bonchev–Trinajstić information content (AvgIpc) is 2.93. The second kappa shape index (κ2) is 13.4. The highest BCUT2D eigenvalue weighted by Gasteiger charge is 2.23. The van der Waals surface area contributed by atoms with Crippen molar-refractivity contribution in [2.75, 3.05) is 32.8 Å². The molecule has 0 unspecified atom stereocenters. The van der Waals surface area contributed by atoms with Crippen LogP contribution >= 0.6 is 11.6 Å². The van der Waals surface area contributed by atoms with Crippen molar-refractivity contribution in [2.45, 2.75) is 45.1 Å². The van der Waals surface area contributed by atoms with Crippen LogP contribution in [0.5, 0.6) is 11.5 Å². The summed E-state index contributed by atoms with van der Waals surface area (Å²) >= 11 is 6.37. The lowest BCUT2D eigenvalue weighted by Gasteiger charge is -2.32. The first-order valence-corrected chi connectivity index (χ1v) is 13.3. The molecule has 202 valence electrons. The van der Waals surface area contributed by atoms with E-state index >= 15 is 0 Å². The number of para-hydroxylation sites is 1. The van der Waals surface area contributed by atoms with Gasteiger partial charge in [0.25, 0.3) is 5.91 Å². The number of nitrogens with one attached hydrogen (secondary N) is 2. The molecule has 0 spiro atoms. The summed E-state index contributed by atoms with van der Waals surface area (Å²) in [6.07, 6.45) is 3.50. The molecule has 9 nitrogen and oxygen atoms in total. The second-order valence-electron chi connectivity index (χ2n) is 9.39. The molecule has 2 aromatic rings. The maximum atomic E-state index is 12.7. The highest BCUT2D eigenvalue weighted by atomic mass is 35.5. The molecule has 1 fully saturated rings. The van der Waals surface area contributed by atoms with Crippen LogP contribution in [-0.4, -0.2) is 67.1 Å². The van der Waals surface area contributed by atoms with Crippen molar-refractivity contribution in [3.05, 3.63) is 58.6 Å². The number of halogens is 1. The van der Waals surface area contributed by atoms with E-state index in [4.69, 9.17) is 21.1 Å². The molecule has 10 heteroatoms. The Labute approximate surface area is 227 Å². The van der Waals surface area contributed by atoms with E-state index in [0.29, 0.717) is 60.7 Å². The van der Waals surface area contributed by atoms with E-state index < -0.39 is 0 Å². The highest BCUT2D eigenvalue weighted by molar-refractivity contribution is 6.32. The second-order valence-corrected chi connectivity index (χ2v) is 9.80. The smallest absolute Gasteiger partial charge is 0.260 e. The molecule has 0 bridgehead atoms. The third-order valence-electron chi connectivity index (χ3n) is 6.65. The quantitative estimate of drug-likeness (QED) is 0.333. The predicted molar refractivity (Wildman–Crippen MR) is 145 cm³/mol. The van der Waals surface area contributed by atoms with Gasteiger partial charge in [0.05, 0.1) is 22.9 Å². The first-order chi connectivity index (χ1) is 18.4. The van der Waals surface area contributed by atoms with E-state index in [0.717, 1.165) is 37.1 Å². The molecule has 0 aromatic heterocycles. The Balaban J connectivity index is 1.13. The molecule has 0 saturated carbocycles. The predicted octanol–water partition coefficient (Wildman–Crippen LogP) is 3.59. The zero-order valence-electron chi connectivity index (χ0n) is 21.5. The Kier molecular flexibility index (Phi) is 9.73. The zero-order valence-corrected chi connectivity index (χ0v) is 22.3. The van der Waals surface area contributed by atoms with Crippen LogP contribution in [0.15, 0.2) is 47.6 Å². The maximum Gasteiger partial charge on any atom is 0.260 e. The van der Waals surface area contributed by atoms with Crippen LogP contribution in [0.4, 0.5) is 0 Å². The molecule has 0 aliphatic carbocycles.